The molecule has 0 aromatic heterocycles. The summed E-state index contributed by atoms with van der Waals surface area (Å²) in [7, 11) is 0. The van der Waals surface area contributed by atoms with Crippen LogP contribution < -0.4 is 5.73 Å². The second kappa shape index (κ2) is 5.96. The van der Waals surface area contributed by atoms with Gasteiger partial charge in [-0.2, -0.15) is 0 Å². The summed E-state index contributed by atoms with van der Waals surface area (Å²) in [4.78, 5) is 14.0. The van der Waals surface area contributed by atoms with Crippen molar-refractivity contribution < 1.29 is 9.18 Å². The van der Waals surface area contributed by atoms with Gasteiger partial charge in [0.1, 0.15) is 5.82 Å². The maximum atomic E-state index is 13.1. The molecule has 4 heteroatoms. The van der Waals surface area contributed by atoms with Crippen molar-refractivity contribution >= 4 is 5.91 Å². The number of nitrogens with zero attached hydrogens (tertiary/aromatic N) is 1. The molecule has 1 aromatic carbocycles. The Balaban J connectivity index is 2.82. The molecule has 0 unspecified atom stereocenters. The lowest BCUT2D eigenvalue weighted by atomic mass is 9.91. The van der Waals surface area contributed by atoms with Gasteiger partial charge in [-0.05, 0) is 38.5 Å². The van der Waals surface area contributed by atoms with E-state index < -0.39 is 5.41 Å². The Morgan fingerprint density at radius 2 is 2.11 bits per heavy atom. The van der Waals surface area contributed by atoms with Crippen molar-refractivity contribution in [1.82, 2.24) is 4.90 Å². The summed E-state index contributed by atoms with van der Waals surface area (Å²) in [5.74, 6) is -0.286. The Hall–Kier alpha value is -1.42. The first-order valence-corrected chi connectivity index (χ1v) is 6.14. The first-order valence-electron chi connectivity index (χ1n) is 6.14. The number of hydrogen-bond acceptors (Lipinski definition) is 2. The van der Waals surface area contributed by atoms with E-state index in [1.54, 1.807) is 11.0 Å². The van der Waals surface area contributed by atoms with Gasteiger partial charge in [-0.1, -0.05) is 12.1 Å². The van der Waals surface area contributed by atoms with Gasteiger partial charge in [-0.15, -0.1) is 0 Å². The van der Waals surface area contributed by atoms with Crippen LogP contribution in [0, 0.1) is 11.2 Å². The predicted molar refractivity (Wildman–Crippen MR) is 70.3 cm³/mol. The van der Waals surface area contributed by atoms with Crippen molar-refractivity contribution in [3.05, 3.63) is 35.6 Å². The molecule has 1 rings (SSSR count). The molecule has 0 saturated carbocycles. The Morgan fingerprint density at radius 1 is 1.44 bits per heavy atom. The van der Waals surface area contributed by atoms with Gasteiger partial charge in [0.25, 0.3) is 0 Å². The number of nitrogens with two attached hydrogens (primary N) is 1. The van der Waals surface area contributed by atoms with E-state index in [9.17, 15) is 9.18 Å². The van der Waals surface area contributed by atoms with E-state index >= 15 is 0 Å². The molecule has 100 valence electrons. The van der Waals surface area contributed by atoms with Crippen molar-refractivity contribution in [2.75, 3.05) is 13.1 Å². The van der Waals surface area contributed by atoms with Crippen molar-refractivity contribution in [1.29, 1.82) is 0 Å². The summed E-state index contributed by atoms with van der Waals surface area (Å²) in [6.45, 7) is 6.84. The van der Waals surface area contributed by atoms with E-state index in [0.717, 1.165) is 5.56 Å². The fourth-order valence-electron chi connectivity index (χ4n) is 1.70. The molecule has 0 aliphatic heterocycles. The lowest BCUT2D eigenvalue weighted by Gasteiger charge is -2.30. The van der Waals surface area contributed by atoms with Crippen LogP contribution in [0.3, 0.4) is 0 Å². The lowest BCUT2D eigenvalue weighted by molar-refractivity contribution is -0.140. The number of amides is 1. The highest BCUT2D eigenvalue weighted by Gasteiger charge is 2.29. The van der Waals surface area contributed by atoms with E-state index in [-0.39, 0.29) is 11.7 Å². The van der Waals surface area contributed by atoms with E-state index in [0.29, 0.717) is 19.6 Å². The highest BCUT2D eigenvalue weighted by Crippen LogP contribution is 2.19. The van der Waals surface area contributed by atoms with E-state index in [1.165, 1.54) is 12.1 Å². The molecule has 0 bridgehead atoms. The Kier molecular flexibility index (Phi) is 4.84. The SMILES string of the molecule is CCN(Cc1cccc(F)c1)C(=O)C(C)(C)CN. The Morgan fingerprint density at radius 3 is 2.61 bits per heavy atom. The maximum Gasteiger partial charge on any atom is 0.229 e. The highest BCUT2D eigenvalue weighted by atomic mass is 19.1. The van der Waals surface area contributed by atoms with Gasteiger partial charge in [-0.3, -0.25) is 4.79 Å². The second-order valence-electron chi connectivity index (χ2n) is 5.04. The molecule has 0 radical (unpaired) electrons. The van der Waals surface area contributed by atoms with Gasteiger partial charge >= 0.3 is 0 Å². The fraction of sp³-hybridized carbons (Fsp3) is 0.500. The van der Waals surface area contributed by atoms with Gasteiger partial charge < -0.3 is 10.6 Å². The molecule has 0 heterocycles. The molecule has 18 heavy (non-hydrogen) atoms. The van der Waals surface area contributed by atoms with E-state index in [1.807, 2.05) is 26.8 Å². The zero-order chi connectivity index (χ0) is 13.8. The first-order chi connectivity index (χ1) is 8.40. The van der Waals surface area contributed by atoms with Crippen molar-refractivity contribution in [2.45, 2.75) is 27.3 Å². The van der Waals surface area contributed by atoms with Crippen molar-refractivity contribution in [3.63, 3.8) is 0 Å². The normalized spacial score (nSPS) is 11.4. The molecule has 1 amide bonds. The fourth-order valence-corrected chi connectivity index (χ4v) is 1.70. The maximum absolute atomic E-state index is 13.1. The van der Waals surface area contributed by atoms with Crippen LogP contribution in [-0.4, -0.2) is 23.9 Å². The Bertz CT molecular complexity index is 418. The minimum Gasteiger partial charge on any atom is -0.338 e. The van der Waals surface area contributed by atoms with Crippen LogP contribution >= 0.6 is 0 Å². The van der Waals surface area contributed by atoms with Crippen LogP contribution in [0.4, 0.5) is 4.39 Å². The van der Waals surface area contributed by atoms with Gasteiger partial charge in [0.2, 0.25) is 5.91 Å². The summed E-state index contributed by atoms with van der Waals surface area (Å²) < 4.78 is 13.1. The molecule has 2 N–H and O–H groups in total. The molecular formula is C14H21FN2O. The van der Waals surface area contributed by atoms with Crippen LogP contribution in [0.1, 0.15) is 26.3 Å². The van der Waals surface area contributed by atoms with Crippen LogP contribution in [0.5, 0.6) is 0 Å². The molecule has 0 fully saturated rings. The molecule has 0 spiro atoms. The average molecular weight is 252 g/mol. The molecule has 0 saturated heterocycles. The third-order valence-corrected chi connectivity index (χ3v) is 3.02. The lowest BCUT2D eigenvalue weighted by Crippen LogP contribution is -2.44. The second-order valence-corrected chi connectivity index (χ2v) is 5.04. The standard InChI is InChI=1S/C14H21FN2O/c1-4-17(13(18)14(2,3)10-16)9-11-6-5-7-12(15)8-11/h5-8H,4,9-10,16H2,1-3H3. The summed E-state index contributed by atoms with van der Waals surface area (Å²) in [5.41, 5.74) is 5.82. The Labute approximate surface area is 108 Å². The monoisotopic (exact) mass is 252 g/mol. The number of carbonyl (C=O) groups excluding carboxylic acids is 1. The van der Waals surface area contributed by atoms with Crippen LogP contribution in [0.15, 0.2) is 24.3 Å². The van der Waals surface area contributed by atoms with Gasteiger partial charge in [0.05, 0.1) is 5.41 Å². The predicted octanol–water partition coefficient (Wildman–Crippen LogP) is 2.16. The van der Waals surface area contributed by atoms with Crippen LogP contribution in [-0.2, 0) is 11.3 Å². The van der Waals surface area contributed by atoms with Crippen molar-refractivity contribution in [3.8, 4) is 0 Å². The smallest absolute Gasteiger partial charge is 0.229 e. The molecule has 0 aliphatic carbocycles. The van der Waals surface area contributed by atoms with Gasteiger partial charge in [-0.25, -0.2) is 4.39 Å². The summed E-state index contributed by atoms with van der Waals surface area (Å²) in [6.07, 6.45) is 0. The van der Waals surface area contributed by atoms with Crippen molar-refractivity contribution in [2.24, 2.45) is 11.1 Å². The molecular weight excluding hydrogens is 231 g/mol. The number of halogens is 1. The number of hydrogen-bond donors (Lipinski definition) is 1. The zero-order valence-corrected chi connectivity index (χ0v) is 11.2. The quantitative estimate of drug-likeness (QED) is 0.873. The van der Waals surface area contributed by atoms with Crippen LogP contribution in [0.25, 0.3) is 0 Å². The third-order valence-electron chi connectivity index (χ3n) is 3.02. The molecule has 3 nitrogen and oxygen atoms in total. The minimum atomic E-state index is -0.580. The third kappa shape index (κ3) is 3.53. The molecule has 1 aromatic rings. The van der Waals surface area contributed by atoms with Gasteiger partial charge in [0, 0.05) is 19.6 Å². The van der Waals surface area contributed by atoms with Gasteiger partial charge in [0.15, 0.2) is 0 Å². The zero-order valence-electron chi connectivity index (χ0n) is 11.2. The first kappa shape index (κ1) is 14.6. The summed E-state index contributed by atoms with van der Waals surface area (Å²) in [6, 6.07) is 6.31. The average Bonchev–Trinajstić information content (AvgIpc) is 2.35. The van der Waals surface area contributed by atoms with E-state index in [2.05, 4.69) is 0 Å². The number of benzene rings is 1. The summed E-state index contributed by atoms with van der Waals surface area (Å²) >= 11 is 0. The molecule has 0 aliphatic rings. The highest BCUT2D eigenvalue weighted by molar-refractivity contribution is 5.82. The van der Waals surface area contributed by atoms with E-state index in [4.69, 9.17) is 5.73 Å². The largest absolute Gasteiger partial charge is 0.338 e. The van der Waals surface area contributed by atoms with Crippen LogP contribution in [0.2, 0.25) is 0 Å². The number of carbonyl (C=O) groups is 1. The molecule has 0 atom stereocenters. The topological polar surface area (TPSA) is 46.3 Å². The minimum absolute atomic E-state index is 0.00300. The summed E-state index contributed by atoms with van der Waals surface area (Å²) in [5, 5.41) is 0. The number of rotatable bonds is 5.